The molecule has 5 N–H and O–H groups in total. The Bertz CT molecular complexity index is 784. The van der Waals surface area contributed by atoms with Gasteiger partial charge in [0, 0.05) is 13.0 Å². The number of carbonyl (C=O) groups excluding carboxylic acids is 3. The van der Waals surface area contributed by atoms with Gasteiger partial charge in [0.2, 0.25) is 12.3 Å². The SMILES string of the molecule is CC(C)C(NC=O)C(=O)NC(Cc1cccc(O)c1)C(=O)N1CCCC(C(=O)O)N1. The number of hydrogen-bond acceptors (Lipinski definition) is 6. The Kier molecular flexibility index (Phi) is 8.16. The lowest BCUT2D eigenvalue weighted by molar-refractivity contribution is -0.148. The monoisotopic (exact) mass is 420 g/mol. The number of carbonyl (C=O) groups is 4. The van der Waals surface area contributed by atoms with Crippen LogP contribution in [-0.2, 0) is 25.6 Å². The zero-order valence-electron chi connectivity index (χ0n) is 17.0. The van der Waals surface area contributed by atoms with E-state index < -0.39 is 35.9 Å². The van der Waals surface area contributed by atoms with Crippen molar-refractivity contribution in [2.24, 2.45) is 5.92 Å². The molecular weight excluding hydrogens is 392 g/mol. The van der Waals surface area contributed by atoms with E-state index >= 15 is 0 Å². The van der Waals surface area contributed by atoms with Gasteiger partial charge in [0.25, 0.3) is 5.91 Å². The maximum atomic E-state index is 13.1. The molecule has 2 rings (SSSR count). The highest BCUT2D eigenvalue weighted by atomic mass is 16.4. The number of amides is 3. The van der Waals surface area contributed by atoms with Gasteiger partial charge in [-0.15, -0.1) is 0 Å². The normalized spacial score (nSPS) is 18.4. The van der Waals surface area contributed by atoms with E-state index in [1.807, 2.05) is 0 Å². The third-order valence-electron chi connectivity index (χ3n) is 4.91. The second-order valence-electron chi connectivity index (χ2n) is 7.59. The summed E-state index contributed by atoms with van der Waals surface area (Å²) in [5.74, 6) is -2.27. The highest BCUT2D eigenvalue weighted by Crippen LogP contribution is 2.15. The molecule has 1 aromatic carbocycles. The van der Waals surface area contributed by atoms with Gasteiger partial charge in [0.1, 0.15) is 23.9 Å². The first-order chi connectivity index (χ1) is 14.2. The average Bonchev–Trinajstić information content (AvgIpc) is 2.70. The molecule has 0 bridgehead atoms. The quantitative estimate of drug-likeness (QED) is 0.347. The number of aliphatic carboxylic acids is 1. The lowest BCUT2D eigenvalue weighted by atomic mass is 10.0. The summed E-state index contributed by atoms with van der Waals surface area (Å²) < 4.78 is 0. The Morgan fingerprint density at radius 1 is 1.33 bits per heavy atom. The molecule has 0 aromatic heterocycles. The van der Waals surface area contributed by atoms with Gasteiger partial charge in [-0.05, 0) is 36.5 Å². The molecular formula is C20H28N4O6. The predicted octanol–water partition coefficient (Wildman–Crippen LogP) is -0.230. The fraction of sp³-hybridized carbons (Fsp3) is 0.500. The van der Waals surface area contributed by atoms with Crippen molar-refractivity contribution in [2.75, 3.05) is 6.54 Å². The number of hydrogen-bond donors (Lipinski definition) is 5. The third-order valence-corrected chi connectivity index (χ3v) is 4.91. The van der Waals surface area contributed by atoms with Gasteiger partial charge in [-0.3, -0.25) is 24.2 Å². The maximum Gasteiger partial charge on any atom is 0.322 e. The molecule has 0 radical (unpaired) electrons. The molecule has 164 valence electrons. The molecule has 0 saturated carbocycles. The molecule has 0 aliphatic carbocycles. The Balaban J connectivity index is 2.23. The Morgan fingerprint density at radius 2 is 2.07 bits per heavy atom. The van der Waals surface area contributed by atoms with Gasteiger partial charge in [-0.1, -0.05) is 26.0 Å². The van der Waals surface area contributed by atoms with Gasteiger partial charge in [0.05, 0.1) is 0 Å². The van der Waals surface area contributed by atoms with Crippen molar-refractivity contribution in [3.05, 3.63) is 29.8 Å². The lowest BCUT2D eigenvalue weighted by Crippen LogP contribution is -2.61. The summed E-state index contributed by atoms with van der Waals surface area (Å²) in [6, 6.07) is 3.57. The number of rotatable bonds is 9. The summed E-state index contributed by atoms with van der Waals surface area (Å²) >= 11 is 0. The fourth-order valence-electron chi connectivity index (χ4n) is 3.34. The molecule has 10 heteroatoms. The molecule has 3 unspecified atom stereocenters. The van der Waals surface area contributed by atoms with E-state index in [-0.39, 0.29) is 18.1 Å². The smallest absolute Gasteiger partial charge is 0.322 e. The third kappa shape index (κ3) is 6.18. The summed E-state index contributed by atoms with van der Waals surface area (Å²) in [7, 11) is 0. The number of phenolic OH excluding ortho intramolecular Hbond substituents is 1. The summed E-state index contributed by atoms with van der Waals surface area (Å²) in [6.07, 6.45) is 1.41. The van der Waals surface area contributed by atoms with E-state index in [2.05, 4.69) is 16.1 Å². The highest BCUT2D eigenvalue weighted by Gasteiger charge is 2.34. The van der Waals surface area contributed by atoms with Crippen LogP contribution in [0.1, 0.15) is 32.3 Å². The zero-order chi connectivity index (χ0) is 22.3. The number of aromatic hydroxyl groups is 1. The van der Waals surface area contributed by atoms with Crippen LogP contribution in [-0.4, -0.2) is 64.1 Å². The second-order valence-corrected chi connectivity index (χ2v) is 7.59. The minimum absolute atomic E-state index is 0.0229. The number of hydrazine groups is 1. The second kappa shape index (κ2) is 10.6. The molecule has 0 spiro atoms. The van der Waals surface area contributed by atoms with Crippen molar-refractivity contribution in [2.45, 2.75) is 51.2 Å². The Labute approximate surface area is 174 Å². The summed E-state index contributed by atoms with van der Waals surface area (Å²) in [4.78, 5) is 48.0. The van der Waals surface area contributed by atoms with Gasteiger partial charge < -0.3 is 20.8 Å². The van der Waals surface area contributed by atoms with E-state index in [1.165, 1.54) is 17.1 Å². The van der Waals surface area contributed by atoms with Crippen LogP contribution in [0.4, 0.5) is 0 Å². The first-order valence-electron chi connectivity index (χ1n) is 9.81. The minimum Gasteiger partial charge on any atom is -0.508 e. The van der Waals surface area contributed by atoms with Crippen LogP contribution < -0.4 is 16.1 Å². The first-order valence-corrected chi connectivity index (χ1v) is 9.81. The number of carboxylic acid groups (broad SMARTS) is 1. The van der Waals surface area contributed by atoms with Crippen LogP contribution in [0, 0.1) is 5.92 Å². The average molecular weight is 420 g/mol. The minimum atomic E-state index is -1.06. The standard InChI is InChI=1S/C20H28N4O6/c1-12(2)17(21-11-25)18(27)22-16(10-13-5-3-6-14(26)9-13)19(28)24-8-4-7-15(23-24)20(29)30/h3,5-6,9,11-12,15-17,23,26H,4,7-8,10H2,1-2H3,(H,21,25)(H,22,27)(H,29,30). The predicted molar refractivity (Wildman–Crippen MR) is 107 cm³/mol. The van der Waals surface area contributed by atoms with Gasteiger partial charge >= 0.3 is 5.97 Å². The molecule has 1 aromatic rings. The van der Waals surface area contributed by atoms with Crippen LogP contribution >= 0.6 is 0 Å². The Hall–Kier alpha value is -3.14. The van der Waals surface area contributed by atoms with Crippen molar-refractivity contribution >= 4 is 24.2 Å². The van der Waals surface area contributed by atoms with E-state index in [0.717, 1.165) is 0 Å². The molecule has 30 heavy (non-hydrogen) atoms. The van der Waals surface area contributed by atoms with Crippen LogP contribution in [0.15, 0.2) is 24.3 Å². The number of phenols is 1. The zero-order valence-corrected chi connectivity index (χ0v) is 17.0. The van der Waals surface area contributed by atoms with Gasteiger partial charge in [-0.25, -0.2) is 5.43 Å². The number of carboxylic acids is 1. The van der Waals surface area contributed by atoms with Gasteiger partial charge in [0.15, 0.2) is 0 Å². The van der Waals surface area contributed by atoms with E-state index in [4.69, 9.17) is 0 Å². The van der Waals surface area contributed by atoms with Crippen molar-refractivity contribution in [3.8, 4) is 5.75 Å². The van der Waals surface area contributed by atoms with E-state index in [0.29, 0.717) is 31.4 Å². The van der Waals surface area contributed by atoms with Crippen molar-refractivity contribution in [1.29, 1.82) is 0 Å². The summed E-state index contributed by atoms with van der Waals surface area (Å²) in [5, 5.41) is 25.3. The first kappa shape index (κ1) is 23.1. The fourth-order valence-corrected chi connectivity index (χ4v) is 3.34. The van der Waals surface area contributed by atoms with Crippen LogP contribution in [0.3, 0.4) is 0 Å². The molecule has 1 heterocycles. The molecule has 1 aliphatic heterocycles. The van der Waals surface area contributed by atoms with Crippen molar-refractivity contribution < 1.29 is 29.4 Å². The molecule has 10 nitrogen and oxygen atoms in total. The topological polar surface area (TPSA) is 148 Å². The number of benzene rings is 1. The highest BCUT2D eigenvalue weighted by molar-refractivity contribution is 5.91. The molecule has 1 aliphatic rings. The summed E-state index contributed by atoms with van der Waals surface area (Å²) in [5.41, 5.74) is 3.31. The number of nitrogens with zero attached hydrogens (tertiary/aromatic N) is 1. The molecule has 3 atom stereocenters. The Morgan fingerprint density at radius 3 is 2.67 bits per heavy atom. The largest absolute Gasteiger partial charge is 0.508 e. The van der Waals surface area contributed by atoms with Crippen LogP contribution in [0.5, 0.6) is 5.75 Å². The van der Waals surface area contributed by atoms with Crippen LogP contribution in [0.25, 0.3) is 0 Å². The molecule has 1 fully saturated rings. The number of nitrogens with one attached hydrogen (secondary N) is 3. The summed E-state index contributed by atoms with van der Waals surface area (Å²) in [6.45, 7) is 3.82. The van der Waals surface area contributed by atoms with E-state index in [1.54, 1.807) is 26.0 Å². The maximum absolute atomic E-state index is 13.1. The lowest BCUT2D eigenvalue weighted by Gasteiger charge is -2.35. The van der Waals surface area contributed by atoms with Gasteiger partial charge in [-0.2, -0.15) is 0 Å². The molecule has 3 amide bonds. The molecule has 1 saturated heterocycles. The van der Waals surface area contributed by atoms with Crippen molar-refractivity contribution in [1.82, 2.24) is 21.1 Å². The van der Waals surface area contributed by atoms with E-state index in [9.17, 15) is 29.4 Å². The van der Waals surface area contributed by atoms with Crippen molar-refractivity contribution in [3.63, 3.8) is 0 Å². The van der Waals surface area contributed by atoms with Crippen LogP contribution in [0.2, 0.25) is 0 Å².